The van der Waals surface area contributed by atoms with Gasteiger partial charge in [-0.15, -0.1) is 0 Å². The Bertz CT molecular complexity index is 1410. The van der Waals surface area contributed by atoms with Gasteiger partial charge in [0.1, 0.15) is 17.5 Å². The van der Waals surface area contributed by atoms with Crippen LogP contribution in [0.3, 0.4) is 0 Å². The van der Waals surface area contributed by atoms with Crippen LogP contribution in [0.1, 0.15) is 41.5 Å². The van der Waals surface area contributed by atoms with Gasteiger partial charge in [-0.2, -0.15) is 0 Å². The molecule has 0 saturated carbocycles. The van der Waals surface area contributed by atoms with Crippen molar-refractivity contribution in [2.75, 3.05) is 5.32 Å². The lowest BCUT2D eigenvalue weighted by Gasteiger charge is -2.14. The SMILES string of the molecule is Cc1noc(-c2ccc(-c3ccc4c(c3)COC4C(=O)O)cc2)c1NC(=O)OC(C)c1ccccc1. The van der Waals surface area contributed by atoms with E-state index in [2.05, 4.69) is 10.5 Å². The van der Waals surface area contributed by atoms with Gasteiger partial charge in [-0.1, -0.05) is 71.9 Å². The number of carbonyl (C=O) groups excluding carboxylic acids is 1. The highest BCUT2D eigenvalue weighted by molar-refractivity contribution is 5.91. The minimum atomic E-state index is -0.990. The molecule has 8 nitrogen and oxygen atoms in total. The van der Waals surface area contributed by atoms with Gasteiger partial charge in [0.2, 0.25) is 0 Å². The van der Waals surface area contributed by atoms with Gasteiger partial charge in [0.25, 0.3) is 0 Å². The number of aliphatic carboxylic acids is 1. The number of carboxylic acid groups (broad SMARTS) is 1. The third kappa shape index (κ3) is 4.58. The van der Waals surface area contributed by atoms with Crippen molar-refractivity contribution >= 4 is 17.7 Å². The van der Waals surface area contributed by atoms with E-state index in [4.69, 9.17) is 14.0 Å². The third-order valence-corrected chi connectivity index (χ3v) is 6.18. The molecule has 3 aromatic carbocycles. The number of rotatable bonds is 6. The van der Waals surface area contributed by atoms with E-state index in [1.54, 1.807) is 13.0 Å². The molecule has 4 aromatic rings. The number of amides is 1. The number of carboxylic acids is 1. The number of fused-ring (bicyclic) bond motifs is 1. The molecule has 8 heteroatoms. The summed E-state index contributed by atoms with van der Waals surface area (Å²) in [5, 5.41) is 16.1. The molecule has 36 heavy (non-hydrogen) atoms. The normalized spacial score (nSPS) is 15.2. The number of benzene rings is 3. The Kier molecular flexibility index (Phi) is 6.26. The van der Waals surface area contributed by atoms with Crippen LogP contribution in [0.2, 0.25) is 0 Å². The second kappa shape index (κ2) is 9.67. The molecule has 2 N–H and O–H groups in total. The smallest absolute Gasteiger partial charge is 0.412 e. The Hall–Kier alpha value is -4.43. The number of aryl methyl sites for hydroxylation is 1. The maximum atomic E-state index is 12.6. The quantitative estimate of drug-likeness (QED) is 0.331. The number of nitrogens with one attached hydrogen (secondary N) is 1. The van der Waals surface area contributed by atoms with E-state index >= 15 is 0 Å². The zero-order chi connectivity index (χ0) is 25.2. The highest BCUT2D eigenvalue weighted by Crippen LogP contribution is 2.36. The molecule has 0 spiro atoms. The standard InChI is InChI=1S/C28H24N2O6/c1-16-24(29-28(33)35-17(2)18-6-4-3-5-7-18)25(36-30-16)20-10-8-19(9-11-20)21-12-13-23-22(14-21)15-34-26(23)27(31)32/h3-14,17,26H,15H2,1-2H3,(H,29,33)(H,31,32). The second-order valence-electron chi connectivity index (χ2n) is 8.58. The highest BCUT2D eigenvalue weighted by Gasteiger charge is 2.29. The lowest BCUT2D eigenvalue weighted by atomic mass is 9.97. The van der Waals surface area contributed by atoms with Crippen molar-refractivity contribution in [3.63, 3.8) is 0 Å². The molecular formula is C28H24N2O6. The summed E-state index contributed by atoms with van der Waals surface area (Å²) in [5.74, 6) is -0.564. The maximum Gasteiger partial charge on any atom is 0.412 e. The number of aromatic nitrogens is 1. The summed E-state index contributed by atoms with van der Waals surface area (Å²) in [6.07, 6.45) is -1.94. The van der Waals surface area contributed by atoms with Gasteiger partial charge in [-0.3, -0.25) is 5.32 Å². The number of hydrogen-bond acceptors (Lipinski definition) is 6. The molecule has 5 rings (SSSR count). The molecule has 1 aromatic heterocycles. The zero-order valence-corrected chi connectivity index (χ0v) is 19.7. The second-order valence-corrected chi connectivity index (χ2v) is 8.58. The van der Waals surface area contributed by atoms with E-state index in [1.165, 1.54) is 0 Å². The zero-order valence-electron chi connectivity index (χ0n) is 19.7. The van der Waals surface area contributed by atoms with Crippen molar-refractivity contribution < 1.29 is 28.7 Å². The summed E-state index contributed by atoms with van der Waals surface area (Å²) < 4.78 is 16.4. The minimum Gasteiger partial charge on any atom is -0.479 e. The fourth-order valence-corrected chi connectivity index (χ4v) is 4.25. The van der Waals surface area contributed by atoms with Crippen molar-refractivity contribution in [2.24, 2.45) is 0 Å². The molecule has 2 unspecified atom stereocenters. The van der Waals surface area contributed by atoms with Crippen molar-refractivity contribution in [3.8, 4) is 22.5 Å². The Morgan fingerprint density at radius 2 is 1.72 bits per heavy atom. The van der Waals surface area contributed by atoms with Crippen LogP contribution in [0.15, 0.2) is 77.3 Å². The van der Waals surface area contributed by atoms with Gasteiger partial charge in [-0.05, 0) is 47.7 Å². The monoisotopic (exact) mass is 484 g/mol. The van der Waals surface area contributed by atoms with Crippen LogP contribution >= 0.6 is 0 Å². The van der Waals surface area contributed by atoms with Crippen LogP contribution in [-0.4, -0.2) is 22.3 Å². The largest absolute Gasteiger partial charge is 0.479 e. The summed E-state index contributed by atoms with van der Waals surface area (Å²) in [7, 11) is 0. The molecule has 0 fully saturated rings. The summed E-state index contributed by atoms with van der Waals surface area (Å²) >= 11 is 0. The van der Waals surface area contributed by atoms with Crippen LogP contribution in [-0.2, 0) is 20.9 Å². The van der Waals surface area contributed by atoms with Crippen molar-refractivity contribution in [3.05, 3.63) is 95.2 Å². The van der Waals surface area contributed by atoms with Gasteiger partial charge in [0, 0.05) is 5.56 Å². The predicted molar refractivity (Wildman–Crippen MR) is 132 cm³/mol. The molecule has 0 aliphatic carbocycles. The maximum absolute atomic E-state index is 12.6. The molecule has 0 radical (unpaired) electrons. The molecular weight excluding hydrogens is 460 g/mol. The van der Waals surface area contributed by atoms with Crippen LogP contribution in [0.25, 0.3) is 22.5 Å². The van der Waals surface area contributed by atoms with Crippen LogP contribution in [0.4, 0.5) is 10.5 Å². The Morgan fingerprint density at radius 3 is 2.44 bits per heavy atom. The molecule has 1 amide bonds. The van der Waals surface area contributed by atoms with E-state index in [1.807, 2.05) is 73.7 Å². The number of hydrogen-bond donors (Lipinski definition) is 2. The lowest BCUT2D eigenvalue weighted by Crippen LogP contribution is -2.16. The van der Waals surface area contributed by atoms with E-state index in [0.717, 1.165) is 27.8 Å². The average molecular weight is 485 g/mol. The summed E-state index contributed by atoms with van der Waals surface area (Å²) in [6.45, 7) is 3.82. The highest BCUT2D eigenvalue weighted by atomic mass is 16.6. The third-order valence-electron chi connectivity index (χ3n) is 6.18. The summed E-state index contributed by atoms with van der Waals surface area (Å²) in [5.41, 5.74) is 6.05. The Morgan fingerprint density at radius 1 is 1.03 bits per heavy atom. The number of ether oxygens (including phenoxy) is 2. The van der Waals surface area contributed by atoms with E-state index in [9.17, 15) is 14.7 Å². The van der Waals surface area contributed by atoms with Crippen molar-refractivity contribution in [1.29, 1.82) is 0 Å². The molecule has 1 aliphatic rings. The molecule has 2 atom stereocenters. The van der Waals surface area contributed by atoms with Crippen molar-refractivity contribution in [1.82, 2.24) is 5.16 Å². The van der Waals surface area contributed by atoms with Crippen LogP contribution in [0, 0.1) is 6.92 Å². The summed E-state index contributed by atoms with van der Waals surface area (Å²) in [6, 6.07) is 22.7. The molecule has 1 aliphatic heterocycles. The number of carbonyl (C=O) groups is 2. The molecule has 0 saturated heterocycles. The molecule has 0 bridgehead atoms. The first-order valence-corrected chi connectivity index (χ1v) is 11.5. The predicted octanol–water partition coefficient (Wildman–Crippen LogP) is 6.28. The average Bonchev–Trinajstić information content (AvgIpc) is 3.48. The van der Waals surface area contributed by atoms with Crippen LogP contribution < -0.4 is 5.32 Å². The molecule has 182 valence electrons. The number of nitrogens with zero attached hydrogens (tertiary/aromatic N) is 1. The first-order valence-electron chi connectivity index (χ1n) is 11.5. The first-order chi connectivity index (χ1) is 17.4. The fourth-order valence-electron chi connectivity index (χ4n) is 4.25. The summed E-state index contributed by atoms with van der Waals surface area (Å²) in [4.78, 5) is 23.9. The topological polar surface area (TPSA) is 111 Å². The van der Waals surface area contributed by atoms with E-state index in [0.29, 0.717) is 22.7 Å². The van der Waals surface area contributed by atoms with E-state index < -0.39 is 24.3 Å². The number of anilines is 1. The van der Waals surface area contributed by atoms with E-state index in [-0.39, 0.29) is 6.61 Å². The van der Waals surface area contributed by atoms with Gasteiger partial charge in [0.15, 0.2) is 11.9 Å². The van der Waals surface area contributed by atoms with Gasteiger partial charge >= 0.3 is 12.1 Å². The Balaban J connectivity index is 1.32. The molecule has 2 heterocycles. The fraction of sp³-hybridized carbons (Fsp3) is 0.179. The van der Waals surface area contributed by atoms with Crippen LogP contribution in [0.5, 0.6) is 0 Å². The van der Waals surface area contributed by atoms with Gasteiger partial charge in [0.05, 0.1) is 6.61 Å². The lowest BCUT2D eigenvalue weighted by molar-refractivity contribution is -0.149. The minimum absolute atomic E-state index is 0.267. The van der Waals surface area contributed by atoms with Gasteiger partial charge < -0.3 is 19.1 Å². The Labute approximate surface area is 207 Å². The first kappa shape index (κ1) is 23.3. The van der Waals surface area contributed by atoms with Crippen molar-refractivity contribution in [2.45, 2.75) is 32.7 Å². The van der Waals surface area contributed by atoms with Gasteiger partial charge in [-0.25, -0.2) is 9.59 Å².